The Bertz CT molecular complexity index is 594. The molecule has 0 spiro atoms. The summed E-state index contributed by atoms with van der Waals surface area (Å²) >= 11 is 3.33. The Morgan fingerprint density at radius 1 is 1.67 bits per heavy atom. The third-order valence-electron chi connectivity index (χ3n) is 2.65. The number of carbonyl (C=O) groups excluding carboxylic acids is 1. The Balaban J connectivity index is 2.45. The maximum absolute atomic E-state index is 12.1. The van der Waals surface area contributed by atoms with Crippen LogP contribution in [0.1, 0.15) is 30.6 Å². The number of rotatable bonds is 3. The second kappa shape index (κ2) is 4.93. The van der Waals surface area contributed by atoms with Gasteiger partial charge in [0.2, 0.25) is 5.95 Å². The molecule has 18 heavy (non-hydrogen) atoms. The summed E-state index contributed by atoms with van der Waals surface area (Å²) in [5, 5.41) is 6.88. The van der Waals surface area contributed by atoms with Crippen LogP contribution in [0.5, 0.6) is 0 Å². The van der Waals surface area contributed by atoms with Crippen LogP contribution < -0.4 is 11.1 Å². The second-order valence-corrected chi connectivity index (χ2v) is 5.01. The number of aromatic nitrogens is 3. The van der Waals surface area contributed by atoms with Crippen LogP contribution in [-0.4, -0.2) is 26.5 Å². The number of halogens is 1. The number of amides is 1. The van der Waals surface area contributed by atoms with Crippen molar-refractivity contribution in [2.75, 3.05) is 5.73 Å². The van der Waals surface area contributed by atoms with Crippen molar-refractivity contribution in [1.82, 2.24) is 19.9 Å². The first-order valence-electron chi connectivity index (χ1n) is 5.63. The fourth-order valence-electron chi connectivity index (χ4n) is 1.54. The van der Waals surface area contributed by atoms with Gasteiger partial charge in [-0.25, -0.2) is 4.52 Å². The molecule has 96 valence electrons. The molecule has 1 atom stereocenters. The molecular formula is C11H14BrN5O. The van der Waals surface area contributed by atoms with Crippen LogP contribution in [0.4, 0.5) is 5.95 Å². The number of nitrogen functional groups attached to an aromatic ring is 1. The summed E-state index contributed by atoms with van der Waals surface area (Å²) < 4.78 is 2.24. The van der Waals surface area contributed by atoms with E-state index < -0.39 is 0 Å². The molecule has 2 aromatic heterocycles. The Kier molecular flexibility index (Phi) is 3.51. The van der Waals surface area contributed by atoms with Gasteiger partial charge in [-0.2, -0.15) is 4.98 Å². The Morgan fingerprint density at radius 2 is 2.39 bits per heavy atom. The van der Waals surface area contributed by atoms with Gasteiger partial charge in [-0.05, 0) is 35.3 Å². The molecule has 0 radical (unpaired) electrons. The first kappa shape index (κ1) is 12.8. The van der Waals surface area contributed by atoms with Crippen molar-refractivity contribution in [2.24, 2.45) is 0 Å². The Labute approximate surface area is 113 Å². The third kappa shape index (κ3) is 2.45. The molecule has 0 aliphatic carbocycles. The monoisotopic (exact) mass is 311 g/mol. The van der Waals surface area contributed by atoms with Crippen LogP contribution in [-0.2, 0) is 0 Å². The average molecular weight is 312 g/mol. The molecule has 0 bridgehead atoms. The number of nitrogens with one attached hydrogen (secondary N) is 1. The van der Waals surface area contributed by atoms with Crippen molar-refractivity contribution in [2.45, 2.75) is 26.3 Å². The van der Waals surface area contributed by atoms with Crippen molar-refractivity contribution in [3.8, 4) is 0 Å². The average Bonchev–Trinajstić information content (AvgIpc) is 2.67. The first-order chi connectivity index (χ1) is 8.51. The molecule has 6 nitrogen and oxygen atoms in total. The molecule has 3 N–H and O–H groups in total. The smallest absolute Gasteiger partial charge is 0.255 e. The predicted octanol–water partition coefficient (Wildman–Crippen LogP) is 1.60. The zero-order valence-corrected chi connectivity index (χ0v) is 11.7. The standard InChI is InChI=1S/C11H14BrN5O/c1-3-6(2)14-10(18)8-4-7(12)5-17-9(8)15-11(13)16-17/h4-6H,3H2,1-2H3,(H2,13,16)(H,14,18)/t6-/m0/s1. The molecule has 0 fully saturated rings. The summed E-state index contributed by atoms with van der Waals surface area (Å²) in [6.07, 6.45) is 2.57. The number of anilines is 1. The maximum atomic E-state index is 12.1. The van der Waals surface area contributed by atoms with E-state index in [-0.39, 0.29) is 17.9 Å². The topological polar surface area (TPSA) is 85.3 Å². The largest absolute Gasteiger partial charge is 0.366 e. The highest BCUT2D eigenvalue weighted by atomic mass is 79.9. The second-order valence-electron chi connectivity index (χ2n) is 4.09. The van der Waals surface area contributed by atoms with E-state index in [1.165, 1.54) is 4.52 Å². The van der Waals surface area contributed by atoms with Gasteiger partial charge in [0.15, 0.2) is 5.65 Å². The lowest BCUT2D eigenvalue weighted by Crippen LogP contribution is -2.32. The molecule has 2 heterocycles. The van der Waals surface area contributed by atoms with Gasteiger partial charge in [0.1, 0.15) is 0 Å². The molecule has 0 saturated carbocycles. The van der Waals surface area contributed by atoms with Gasteiger partial charge >= 0.3 is 0 Å². The summed E-state index contributed by atoms with van der Waals surface area (Å²) in [5.41, 5.74) is 6.45. The molecule has 0 aliphatic rings. The highest BCUT2D eigenvalue weighted by molar-refractivity contribution is 9.10. The normalized spacial score (nSPS) is 12.6. The van der Waals surface area contributed by atoms with Crippen molar-refractivity contribution in [1.29, 1.82) is 0 Å². The summed E-state index contributed by atoms with van der Waals surface area (Å²) in [5.74, 6) is -0.0336. The van der Waals surface area contributed by atoms with E-state index in [1.807, 2.05) is 13.8 Å². The zero-order chi connectivity index (χ0) is 13.3. The van der Waals surface area contributed by atoms with Crippen molar-refractivity contribution >= 4 is 33.4 Å². The van der Waals surface area contributed by atoms with E-state index in [2.05, 4.69) is 31.3 Å². The van der Waals surface area contributed by atoms with Crippen molar-refractivity contribution in [3.05, 3.63) is 22.3 Å². The van der Waals surface area contributed by atoms with Crippen molar-refractivity contribution in [3.63, 3.8) is 0 Å². The lowest BCUT2D eigenvalue weighted by atomic mass is 10.2. The third-order valence-corrected chi connectivity index (χ3v) is 3.08. The van der Waals surface area contributed by atoms with Gasteiger partial charge < -0.3 is 11.1 Å². The van der Waals surface area contributed by atoms with Gasteiger partial charge in [-0.3, -0.25) is 4.79 Å². The fourth-order valence-corrected chi connectivity index (χ4v) is 1.96. The SMILES string of the molecule is CC[C@H](C)NC(=O)c1cc(Br)cn2nc(N)nc12. The Morgan fingerprint density at radius 3 is 3.06 bits per heavy atom. The van der Waals surface area contributed by atoms with Crippen LogP contribution in [0.15, 0.2) is 16.7 Å². The molecule has 2 aromatic rings. The van der Waals surface area contributed by atoms with Crippen molar-refractivity contribution < 1.29 is 4.79 Å². The van der Waals surface area contributed by atoms with E-state index in [4.69, 9.17) is 5.73 Å². The Hall–Kier alpha value is -1.63. The van der Waals surface area contributed by atoms with Gasteiger partial charge in [0, 0.05) is 16.7 Å². The van der Waals surface area contributed by atoms with E-state index in [1.54, 1.807) is 12.3 Å². The highest BCUT2D eigenvalue weighted by Gasteiger charge is 2.16. The van der Waals surface area contributed by atoms with Crippen LogP contribution in [0.2, 0.25) is 0 Å². The molecule has 0 saturated heterocycles. The lowest BCUT2D eigenvalue weighted by molar-refractivity contribution is 0.0940. The van der Waals surface area contributed by atoms with E-state index in [0.29, 0.717) is 11.2 Å². The lowest BCUT2D eigenvalue weighted by Gasteiger charge is -2.11. The number of carbonyl (C=O) groups is 1. The predicted molar refractivity (Wildman–Crippen MR) is 72.3 cm³/mol. The van der Waals surface area contributed by atoms with Gasteiger partial charge in [-0.15, -0.1) is 5.10 Å². The van der Waals surface area contributed by atoms with Crippen LogP contribution in [0.25, 0.3) is 5.65 Å². The highest BCUT2D eigenvalue weighted by Crippen LogP contribution is 2.17. The molecule has 1 amide bonds. The molecule has 0 unspecified atom stereocenters. The number of fused-ring (bicyclic) bond motifs is 1. The quantitative estimate of drug-likeness (QED) is 0.901. The van der Waals surface area contributed by atoms with Gasteiger partial charge in [0.05, 0.1) is 5.56 Å². The zero-order valence-electron chi connectivity index (χ0n) is 10.1. The van der Waals surface area contributed by atoms with Gasteiger partial charge in [-0.1, -0.05) is 6.92 Å². The minimum Gasteiger partial charge on any atom is -0.366 e. The number of nitrogens with two attached hydrogens (primary N) is 1. The first-order valence-corrected chi connectivity index (χ1v) is 6.42. The number of nitrogens with zero attached hydrogens (tertiary/aromatic N) is 3. The van der Waals surface area contributed by atoms with Crippen LogP contribution in [0.3, 0.4) is 0 Å². The molecule has 7 heteroatoms. The summed E-state index contributed by atoms with van der Waals surface area (Å²) in [7, 11) is 0. The fraction of sp³-hybridized carbons (Fsp3) is 0.364. The number of pyridine rings is 1. The summed E-state index contributed by atoms with van der Waals surface area (Å²) in [6.45, 7) is 3.96. The van der Waals surface area contributed by atoms with Crippen LogP contribution in [0, 0.1) is 0 Å². The maximum Gasteiger partial charge on any atom is 0.255 e. The number of hydrogen-bond acceptors (Lipinski definition) is 4. The molecular weight excluding hydrogens is 298 g/mol. The molecule has 0 aliphatic heterocycles. The minimum absolute atomic E-state index is 0.108. The summed E-state index contributed by atoms with van der Waals surface area (Å²) in [4.78, 5) is 16.2. The van der Waals surface area contributed by atoms with Gasteiger partial charge in [0.25, 0.3) is 5.91 Å². The molecule has 2 rings (SSSR count). The molecule has 0 aromatic carbocycles. The van der Waals surface area contributed by atoms with Crippen LogP contribution >= 0.6 is 15.9 Å². The minimum atomic E-state index is -0.178. The summed E-state index contributed by atoms with van der Waals surface area (Å²) in [6, 6.07) is 1.82. The number of hydrogen-bond donors (Lipinski definition) is 2. The van der Waals surface area contributed by atoms with E-state index in [9.17, 15) is 4.79 Å². The van der Waals surface area contributed by atoms with E-state index >= 15 is 0 Å². The van der Waals surface area contributed by atoms with E-state index in [0.717, 1.165) is 10.9 Å².